The number of aliphatic hydroxyl groups excluding tert-OH is 1. The first kappa shape index (κ1) is 23.2. The third-order valence-electron chi connectivity index (χ3n) is 5.63. The maximum Gasteiger partial charge on any atom is 0.328 e. The molecular formula is C21H29N7O4S. The van der Waals surface area contributed by atoms with Gasteiger partial charge in [0.1, 0.15) is 12.1 Å². The van der Waals surface area contributed by atoms with Crippen molar-refractivity contribution in [1.29, 1.82) is 0 Å². The van der Waals surface area contributed by atoms with Gasteiger partial charge in [0.25, 0.3) is 0 Å². The van der Waals surface area contributed by atoms with Crippen LogP contribution in [-0.4, -0.2) is 79.7 Å². The molecule has 1 aliphatic heterocycles. The van der Waals surface area contributed by atoms with E-state index in [-0.39, 0.29) is 23.4 Å². The summed E-state index contributed by atoms with van der Waals surface area (Å²) in [7, 11) is 0. The topological polar surface area (TPSA) is 143 Å². The number of aliphatic hydroxyl groups is 1. The fraction of sp³-hybridized carbons (Fsp3) is 0.524. The van der Waals surface area contributed by atoms with Gasteiger partial charge in [-0.2, -0.15) is 9.97 Å². The lowest BCUT2D eigenvalue weighted by Gasteiger charge is -2.34. The minimum atomic E-state index is -0.440. The van der Waals surface area contributed by atoms with Crippen LogP contribution in [0, 0.1) is 0 Å². The first-order valence-electron chi connectivity index (χ1n) is 11.1. The van der Waals surface area contributed by atoms with E-state index in [1.807, 2.05) is 6.07 Å². The van der Waals surface area contributed by atoms with E-state index in [0.29, 0.717) is 37.4 Å². The zero-order chi connectivity index (χ0) is 23.4. The van der Waals surface area contributed by atoms with Crippen molar-refractivity contribution in [3.8, 4) is 6.01 Å². The van der Waals surface area contributed by atoms with Crippen molar-refractivity contribution < 1.29 is 14.6 Å². The van der Waals surface area contributed by atoms with Crippen LogP contribution in [0.15, 0.2) is 16.9 Å². The number of ether oxygens (including phenoxy) is 1. The number of aromatic nitrogens is 4. The van der Waals surface area contributed by atoms with Crippen LogP contribution < -0.4 is 16.2 Å². The number of piperazine rings is 1. The summed E-state index contributed by atoms with van der Waals surface area (Å²) in [5.41, 5.74) is 6.57. The number of nitrogen functional groups attached to an aromatic ring is 1. The SMILES string of the molecule is CCCCOc1nc(N)c2[nH]c(=O)n(Cc3ccc(CN4CCN(C(=O)CO)CC4)s3)c2n1. The molecule has 12 heteroatoms. The second kappa shape index (κ2) is 10.3. The van der Waals surface area contributed by atoms with Gasteiger partial charge >= 0.3 is 11.7 Å². The van der Waals surface area contributed by atoms with Gasteiger partial charge in [-0.15, -0.1) is 11.3 Å². The van der Waals surface area contributed by atoms with Gasteiger partial charge in [0.15, 0.2) is 11.5 Å². The highest BCUT2D eigenvalue weighted by Gasteiger charge is 2.21. The molecule has 3 aromatic heterocycles. The summed E-state index contributed by atoms with van der Waals surface area (Å²) in [6, 6.07) is 4.25. The van der Waals surface area contributed by atoms with Crippen molar-refractivity contribution in [1.82, 2.24) is 29.3 Å². The predicted molar refractivity (Wildman–Crippen MR) is 125 cm³/mol. The average Bonchev–Trinajstić information content (AvgIpc) is 3.38. The number of H-pyrrole nitrogens is 1. The van der Waals surface area contributed by atoms with Crippen LogP contribution in [0.2, 0.25) is 0 Å². The first-order chi connectivity index (χ1) is 16.0. The maximum absolute atomic E-state index is 12.6. The first-order valence-corrected chi connectivity index (χ1v) is 11.9. The summed E-state index contributed by atoms with van der Waals surface area (Å²) in [4.78, 5) is 41.7. The van der Waals surface area contributed by atoms with Gasteiger partial charge in [0.05, 0.1) is 13.2 Å². The quantitative estimate of drug-likeness (QED) is 0.383. The maximum atomic E-state index is 12.6. The Balaban J connectivity index is 1.44. The molecule has 0 spiro atoms. The number of hydrogen-bond donors (Lipinski definition) is 3. The van der Waals surface area contributed by atoms with Gasteiger partial charge in [-0.1, -0.05) is 13.3 Å². The van der Waals surface area contributed by atoms with Crippen LogP contribution in [0.5, 0.6) is 6.01 Å². The number of nitrogens with two attached hydrogens (primary N) is 1. The van der Waals surface area contributed by atoms with E-state index in [9.17, 15) is 9.59 Å². The fourth-order valence-corrected chi connectivity index (χ4v) is 4.82. The summed E-state index contributed by atoms with van der Waals surface area (Å²) in [6.45, 7) is 6.02. The largest absolute Gasteiger partial charge is 0.463 e. The standard InChI is InChI=1S/C21H29N7O4S/c1-2-3-10-32-20-24-18(22)17-19(25-20)28(21(31)23-17)12-15-5-4-14(33-15)11-26-6-8-27(9-7-26)16(30)13-29/h4-5,29H,2-3,6-13H2,1H3,(H,23,31)(H2,22,24,25). The number of aromatic amines is 1. The lowest BCUT2D eigenvalue weighted by atomic mass is 10.3. The molecular weight excluding hydrogens is 446 g/mol. The molecule has 1 saturated heterocycles. The van der Waals surface area contributed by atoms with E-state index in [0.717, 1.165) is 37.4 Å². The molecule has 0 saturated carbocycles. The minimum Gasteiger partial charge on any atom is -0.463 e. The smallest absolute Gasteiger partial charge is 0.328 e. The number of amides is 1. The van der Waals surface area contributed by atoms with Crippen molar-refractivity contribution >= 4 is 34.2 Å². The summed E-state index contributed by atoms with van der Waals surface area (Å²) >= 11 is 1.64. The molecule has 11 nitrogen and oxygen atoms in total. The van der Waals surface area contributed by atoms with Crippen LogP contribution in [0.25, 0.3) is 11.2 Å². The van der Waals surface area contributed by atoms with E-state index in [4.69, 9.17) is 15.6 Å². The Hall–Kier alpha value is -2.96. The van der Waals surface area contributed by atoms with Gasteiger partial charge < -0.3 is 25.5 Å². The number of nitrogens with zero attached hydrogens (tertiary/aromatic N) is 5. The molecule has 1 amide bonds. The third-order valence-corrected chi connectivity index (χ3v) is 6.68. The molecule has 1 aliphatic rings. The molecule has 3 aromatic rings. The van der Waals surface area contributed by atoms with Crippen LogP contribution in [0.3, 0.4) is 0 Å². The normalized spacial score (nSPS) is 14.8. The fourth-order valence-electron chi connectivity index (χ4n) is 3.77. The van der Waals surface area contributed by atoms with Crippen LogP contribution in [0.4, 0.5) is 5.82 Å². The van der Waals surface area contributed by atoms with Gasteiger partial charge in [0, 0.05) is 42.5 Å². The summed E-state index contributed by atoms with van der Waals surface area (Å²) < 4.78 is 7.15. The number of hydrogen-bond acceptors (Lipinski definition) is 9. The Labute approximate surface area is 194 Å². The van der Waals surface area contributed by atoms with Crippen molar-refractivity contribution in [2.75, 3.05) is 45.1 Å². The zero-order valence-electron chi connectivity index (χ0n) is 18.6. The van der Waals surface area contributed by atoms with E-state index >= 15 is 0 Å². The lowest BCUT2D eigenvalue weighted by Crippen LogP contribution is -2.49. The molecule has 0 bridgehead atoms. The predicted octanol–water partition coefficient (Wildman–Crippen LogP) is 0.627. The van der Waals surface area contributed by atoms with Crippen molar-refractivity contribution in [3.63, 3.8) is 0 Å². The van der Waals surface area contributed by atoms with Gasteiger partial charge in [0.2, 0.25) is 5.91 Å². The number of fused-ring (bicyclic) bond motifs is 1. The molecule has 33 heavy (non-hydrogen) atoms. The van der Waals surface area contributed by atoms with E-state index < -0.39 is 6.61 Å². The molecule has 0 radical (unpaired) electrons. The Bertz CT molecular complexity index is 1160. The lowest BCUT2D eigenvalue weighted by molar-refractivity contribution is -0.135. The molecule has 178 valence electrons. The number of carbonyl (C=O) groups excluding carboxylic acids is 1. The monoisotopic (exact) mass is 475 g/mol. The van der Waals surface area contributed by atoms with Crippen molar-refractivity contribution in [2.24, 2.45) is 0 Å². The summed E-state index contributed by atoms with van der Waals surface area (Å²) in [5, 5.41) is 9.01. The molecule has 4 heterocycles. The van der Waals surface area contributed by atoms with Crippen LogP contribution in [0.1, 0.15) is 29.5 Å². The molecule has 0 aromatic carbocycles. The van der Waals surface area contributed by atoms with Gasteiger partial charge in [-0.3, -0.25) is 14.3 Å². The number of unbranched alkanes of at least 4 members (excludes halogenated alkanes) is 1. The van der Waals surface area contributed by atoms with E-state index in [1.165, 1.54) is 4.88 Å². The highest BCUT2D eigenvalue weighted by molar-refractivity contribution is 7.11. The van der Waals surface area contributed by atoms with Gasteiger partial charge in [-0.05, 0) is 18.6 Å². The third kappa shape index (κ3) is 5.34. The molecule has 0 unspecified atom stereocenters. The van der Waals surface area contributed by atoms with Crippen molar-refractivity contribution in [2.45, 2.75) is 32.9 Å². The second-order valence-corrected chi connectivity index (χ2v) is 9.24. The number of anilines is 1. The minimum absolute atomic E-state index is 0.173. The number of thiophene rings is 1. The Morgan fingerprint density at radius 1 is 1.21 bits per heavy atom. The molecule has 0 atom stereocenters. The van der Waals surface area contributed by atoms with Gasteiger partial charge in [-0.25, -0.2) is 4.79 Å². The molecule has 1 fully saturated rings. The van der Waals surface area contributed by atoms with Crippen molar-refractivity contribution in [3.05, 3.63) is 32.4 Å². The number of nitrogens with one attached hydrogen (secondary N) is 1. The number of imidazole rings is 1. The van der Waals surface area contributed by atoms with E-state index in [1.54, 1.807) is 20.8 Å². The van der Waals surface area contributed by atoms with Crippen LogP contribution in [-0.2, 0) is 17.9 Å². The van der Waals surface area contributed by atoms with Crippen LogP contribution >= 0.6 is 11.3 Å². The zero-order valence-corrected chi connectivity index (χ0v) is 19.4. The highest BCUT2D eigenvalue weighted by Crippen LogP contribution is 2.23. The molecule has 4 N–H and O–H groups in total. The molecule has 0 aliphatic carbocycles. The average molecular weight is 476 g/mol. The Morgan fingerprint density at radius 2 is 1.94 bits per heavy atom. The Morgan fingerprint density at radius 3 is 2.64 bits per heavy atom. The van der Waals surface area contributed by atoms with E-state index in [2.05, 4.69) is 32.8 Å². The summed E-state index contributed by atoms with van der Waals surface area (Å²) in [5.74, 6) is -0.0337. The summed E-state index contributed by atoms with van der Waals surface area (Å²) in [6.07, 6.45) is 1.87. The highest BCUT2D eigenvalue weighted by atomic mass is 32.1. The number of carbonyl (C=O) groups is 1. The molecule has 4 rings (SSSR count). The Kier molecular flexibility index (Phi) is 7.26. The number of rotatable bonds is 9. The second-order valence-electron chi connectivity index (χ2n) is 7.99.